The van der Waals surface area contributed by atoms with E-state index < -0.39 is 58.0 Å². The number of phenolic OH excluding ortho intramolecular Hbond substituents is 1. The van der Waals surface area contributed by atoms with Crippen LogP contribution in [0, 0.1) is 17.8 Å². The van der Waals surface area contributed by atoms with Crippen molar-refractivity contribution >= 4 is 23.2 Å². The number of carbonyl (C=O) groups is 3. The number of ketones is 2. The molecule has 42 heavy (non-hydrogen) atoms. The van der Waals surface area contributed by atoms with Gasteiger partial charge in [-0.25, -0.2) is 0 Å². The summed E-state index contributed by atoms with van der Waals surface area (Å²) >= 11 is 0. The molecule has 0 spiro atoms. The Morgan fingerprint density at radius 3 is 2.31 bits per heavy atom. The van der Waals surface area contributed by atoms with Crippen LogP contribution in [0.5, 0.6) is 5.75 Å². The van der Waals surface area contributed by atoms with E-state index in [1.807, 2.05) is 12.1 Å². The van der Waals surface area contributed by atoms with Gasteiger partial charge in [-0.15, -0.1) is 0 Å². The van der Waals surface area contributed by atoms with Crippen LogP contribution >= 0.6 is 0 Å². The summed E-state index contributed by atoms with van der Waals surface area (Å²) in [7, 11) is 3.17. The van der Waals surface area contributed by atoms with Gasteiger partial charge in [0.1, 0.15) is 22.8 Å². The van der Waals surface area contributed by atoms with E-state index >= 15 is 0 Å². The molecule has 4 atom stereocenters. The standard InChI is InChI=1S/C33H36N2O7/c1-35(2)27-22-15-19-14-21-20(18-9-7-17(8-10-18)13-16-5-3-4-6-16)11-12-23(36)25(21)28(37)24(19)30(39)33(22,42)31(40)26(29(27)38)32(34)41/h7-12,16,19,22,27,36-37,40,42H,3-6,13-15H2,1-2H3,(H2,34,41)/t19-,22-,27-,33-/m1/s1. The van der Waals surface area contributed by atoms with Gasteiger partial charge in [-0.3, -0.25) is 19.3 Å². The van der Waals surface area contributed by atoms with E-state index in [2.05, 4.69) is 12.1 Å². The van der Waals surface area contributed by atoms with Crippen molar-refractivity contribution in [1.82, 2.24) is 4.90 Å². The average molecular weight is 573 g/mol. The van der Waals surface area contributed by atoms with E-state index in [0.717, 1.165) is 17.5 Å². The number of primary amides is 1. The fourth-order valence-electron chi connectivity index (χ4n) is 7.88. The summed E-state index contributed by atoms with van der Waals surface area (Å²) in [6.45, 7) is 0. The van der Waals surface area contributed by atoms with Gasteiger partial charge in [0.2, 0.25) is 5.78 Å². The molecular weight excluding hydrogens is 536 g/mol. The summed E-state index contributed by atoms with van der Waals surface area (Å²) in [5.41, 5.74) is 5.49. The molecule has 0 radical (unpaired) electrons. The van der Waals surface area contributed by atoms with Gasteiger partial charge in [0, 0.05) is 11.5 Å². The Kier molecular flexibility index (Phi) is 6.78. The average Bonchev–Trinajstić information content (AvgIpc) is 3.44. The minimum atomic E-state index is -2.65. The Bertz CT molecular complexity index is 1570. The van der Waals surface area contributed by atoms with E-state index in [9.17, 15) is 34.8 Å². The summed E-state index contributed by atoms with van der Waals surface area (Å²) in [5, 5.41) is 45.1. The predicted molar refractivity (Wildman–Crippen MR) is 155 cm³/mol. The number of Topliss-reactive ketones (excluding diaryl/α,β-unsaturated/α-hetero) is 2. The van der Waals surface area contributed by atoms with Gasteiger partial charge in [0.05, 0.1) is 11.6 Å². The first-order valence-electron chi connectivity index (χ1n) is 14.5. The molecule has 9 heteroatoms. The first kappa shape index (κ1) is 28.2. The Hall–Kier alpha value is -3.95. The number of aliphatic hydroxyl groups excluding tert-OH is 2. The lowest BCUT2D eigenvalue weighted by atomic mass is 9.57. The largest absolute Gasteiger partial charge is 0.508 e. The van der Waals surface area contributed by atoms with E-state index in [4.69, 9.17) is 5.73 Å². The molecule has 9 nitrogen and oxygen atoms in total. The number of likely N-dealkylation sites (N-methyl/N-ethyl adjacent to an activating group) is 1. The molecule has 0 saturated heterocycles. The van der Waals surface area contributed by atoms with Crippen molar-refractivity contribution in [3.63, 3.8) is 0 Å². The van der Waals surface area contributed by atoms with Gasteiger partial charge in [0.25, 0.3) is 5.91 Å². The minimum absolute atomic E-state index is 0.0567. The third-order valence-electron chi connectivity index (χ3n) is 9.87. The molecule has 0 bridgehead atoms. The van der Waals surface area contributed by atoms with Crippen LogP contribution in [0.1, 0.15) is 48.8 Å². The number of phenols is 1. The third-order valence-corrected chi connectivity index (χ3v) is 9.87. The van der Waals surface area contributed by atoms with Gasteiger partial charge >= 0.3 is 0 Å². The normalized spacial score (nSPS) is 27.8. The molecule has 6 rings (SSSR count). The monoisotopic (exact) mass is 572 g/mol. The number of hydrogen-bond acceptors (Lipinski definition) is 8. The molecule has 0 heterocycles. The number of nitrogens with zero attached hydrogens (tertiary/aromatic N) is 1. The highest BCUT2D eigenvalue weighted by molar-refractivity contribution is 6.24. The van der Waals surface area contributed by atoms with Crippen LogP contribution in [0.3, 0.4) is 0 Å². The Morgan fingerprint density at radius 2 is 1.69 bits per heavy atom. The number of benzene rings is 2. The minimum Gasteiger partial charge on any atom is -0.508 e. The number of hydrogen-bond donors (Lipinski definition) is 5. The first-order valence-corrected chi connectivity index (χ1v) is 14.5. The van der Waals surface area contributed by atoms with Gasteiger partial charge in [-0.2, -0.15) is 0 Å². The molecule has 0 aliphatic heterocycles. The fourth-order valence-corrected chi connectivity index (χ4v) is 7.88. The first-order chi connectivity index (χ1) is 19.9. The topological polar surface area (TPSA) is 161 Å². The van der Waals surface area contributed by atoms with Gasteiger partial charge in [-0.05, 0) is 73.5 Å². The molecule has 2 aromatic rings. The molecule has 0 unspecified atom stereocenters. The van der Waals surface area contributed by atoms with E-state index in [0.29, 0.717) is 11.5 Å². The summed E-state index contributed by atoms with van der Waals surface area (Å²) in [6.07, 6.45) is 6.44. The Balaban J connectivity index is 1.45. The molecule has 4 aliphatic carbocycles. The second-order valence-corrected chi connectivity index (χ2v) is 12.5. The van der Waals surface area contributed by atoms with Crippen molar-refractivity contribution < 1.29 is 34.8 Å². The highest BCUT2D eigenvalue weighted by Crippen LogP contribution is 2.53. The lowest BCUT2D eigenvalue weighted by Gasteiger charge is -2.50. The van der Waals surface area contributed by atoms with E-state index in [-0.39, 0.29) is 29.7 Å². The molecule has 1 amide bonds. The van der Waals surface area contributed by atoms with Crippen molar-refractivity contribution in [2.24, 2.45) is 23.5 Å². The SMILES string of the molecule is CN(C)[C@H]1C(=O)C(C(N)=O)=C(O)[C@]2(O)C(=O)C3=C(O)c4c(O)ccc(-c5ccc(CC6CCCC6)cc5)c4C[C@@H]3C[C@H]12. The fraction of sp³-hybridized carbons (Fsp3) is 0.424. The predicted octanol–water partition coefficient (Wildman–Crippen LogP) is 3.36. The smallest absolute Gasteiger partial charge is 0.255 e. The number of aromatic hydroxyl groups is 1. The van der Waals surface area contributed by atoms with Crippen molar-refractivity contribution in [2.45, 2.75) is 56.6 Å². The lowest BCUT2D eigenvalue weighted by Crippen LogP contribution is -2.65. The van der Waals surface area contributed by atoms with Gasteiger partial charge < -0.3 is 26.2 Å². The zero-order valence-electron chi connectivity index (χ0n) is 23.8. The number of amides is 1. The molecule has 6 N–H and O–H groups in total. The van der Waals surface area contributed by atoms with Crippen LogP contribution < -0.4 is 5.73 Å². The zero-order valence-corrected chi connectivity index (χ0v) is 23.8. The third kappa shape index (κ3) is 4.09. The van der Waals surface area contributed by atoms with Gasteiger partial charge in [0.15, 0.2) is 11.4 Å². The van der Waals surface area contributed by atoms with Crippen LogP contribution in [0.15, 0.2) is 53.3 Å². The number of nitrogens with two attached hydrogens (primary N) is 1. The van der Waals surface area contributed by atoms with Crippen molar-refractivity contribution in [1.29, 1.82) is 0 Å². The Labute approximate surface area is 244 Å². The van der Waals surface area contributed by atoms with Crippen LogP contribution in [0.2, 0.25) is 0 Å². The quantitative estimate of drug-likeness (QED) is 0.341. The van der Waals surface area contributed by atoms with Gasteiger partial charge in [-0.1, -0.05) is 56.0 Å². The van der Waals surface area contributed by atoms with E-state index in [1.54, 1.807) is 20.2 Å². The molecule has 220 valence electrons. The summed E-state index contributed by atoms with van der Waals surface area (Å²) < 4.78 is 0. The maximum absolute atomic E-state index is 14.0. The summed E-state index contributed by atoms with van der Waals surface area (Å²) in [5.74, 6) is -5.83. The number of fused-ring (bicyclic) bond motifs is 3. The highest BCUT2D eigenvalue weighted by atomic mass is 16.3. The van der Waals surface area contributed by atoms with Crippen molar-refractivity contribution in [2.75, 3.05) is 14.1 Å². The van der Waals surface area contributed by atoms with Crippen molar-refractivity contribution in [3.05, 3.63) is 70.0 Å². The second-order valence-electron chi connectivity index (χ2n) is 12.5. The highest BCUT2D eigenvalue weighted by Gasteiger charge is 2.64. The maximum Gasteiger partial charge on any atom is 0.255 e. The summed E-state index contributed by atoms with van der Waals surface area (Å²) in [4.78, 5) is 40.9. The molecule has 2 aromatic carbocycles. The molecule has 2 saturated carbocycles. The summed E-state index contributed by atoms with van der Waals surface area (Å²) in [6, 6.07) is 10.4. The Morgan fingerprint density at radius 1 is 1.02 bits per heavy atom. The zero-order chi connectivity index (χ0) is 30.1. The number of aliphatic hydroxyl groups is 3. The molecule has 4 aliphatic rings. The van der Waals surface area contributed by atoms with Crippen molar-refractivity contribution in [3.8, 4) is 16.9 Å². The lowest BCUT2D eigenvalue weighted by molar-refractivity contribution is -0.153. The van der Waals surface area contributed by atoms with Crippen LogP contribution in [-0.4, -0.2) is 68.5 Å². The van der Waals surface area contributed by atoms with Crippen LogP contribution in [0.4, 0.5) is 0 Å². The van der Waals surface area contributed by atoms with Crippen LogP contribution in [-0.2, 0) is 27.2 Å². The van der Waals surface area contributed by atoms with E-state index in [1.165, 1.54) is 42.2 Å². The second kappa shape index (κ2) is 10.1. The molecule has 2 fully saturated rings. The number of carbonyl (C=O) groups excluding carboxylic acids is 3. The molecular formula is C33H36N2O7. The number of rotatable bonds is 5. The molecule has 0 aromatic heterocycles. The van der Waals surface area contributed by atoms with Crippen LogP contribution in [0.25, 0.3) is 16.9 Å². The maximum atomic E-state index is 14.0.